The number of carbonyl (C=O) groups excluding carboxylic acids is 1. The molecule has 0 bridgehead atoms. The van der Waals surface area contributed by atoms with Crippen molar-refractivity contribution in [2.75, 3.05) is 20.3 Å². The van der Waals surface area contributed by atoms with Gasteiger partial charge in [-0.15, -0.1) is 0 Å². The molecule has 22 heavy (non-hydrogen) atoms. The molecule has 1 aromatic rings. The Kier molecular flexibility index (Phi) is 6.52. The lowest BCUT2D eigenvalue weighted by atomic mass is 10.1. The lowest BCUT2D eigenvalue weighted by Gasteiger charge is -2.16. The van der Waals surface area contributed by atoms with E-state index in [2.05, 4.69) is 22.8 Å². The van der Waals surface area contributed by atoms with Gasteiger partial charge in [0.1, 0.15) is 5.75 Å². The summed E-state index contributed by atoms with van der Waals surface area (Å²) in [4.78, 5) is 11.8. The Morgan fingerprint density at radius 3 is 2.82 bits per heavy atom. The molecular formula is C17H26N2O3. The van der Waals surface area contributed by atoms with Crippen molar-refractivity contribution in [3.8, 4) is 5.75 Å². The molecule has 0 spiro atoms. The van der Waals surface area contributed by atoms with E-state index >= 15 is 0 Å². The summed E-state index contributed by atoms with van der Waals surface area (Å²) in [6.45, 7) is 3.43. The maximum absolute atomic E-state index is 11.8. The van der Waals surface area contributed by atoms with E-state index in [0.717, 1.165) is 38.0 Å². The van der Waals surface area contributed by atoms with E-state index in [9.17, 15) is 4.79 Å². The zero-order valence-corrected chi connectivity index (χ0v) is 13.4. The minimum atomic E-state index is -0.113. The van der Waals surface area contributed by atoms with Gasteiger partial charge in [0, 0.05) is 19.2 Å². The van der Waals surface area contributed by atoms with Crippen LogP contribution in [0.2, 0.25) is 0 Å². The SMILES string of the molecule is COc1ccc(CC[C@H](C)NC(=O)NC[C@H]2CCCO2)cc1. The highest BCUT2D eigenvalue weighted by molar-refractivity contribution is 5.74. The maximum Gasteiger partial charge on any atom is 0.315 e. The summed E-state index contributed by atoms with van der Waals surface area (Å²) < 4.78 is 10.6. The molecule has 0 aliphatic carbocycles. The summed E-state index contributed by atoms with van der Waals surface area (Å²) in [5.74, 6) is 0.864. The Hall–Kier alpha value is -1.75. The molecule has 2 rings (SSSR count). The lowest BCUT2D eigenvalue weighted by molar-refractivity contribution is 0.111. The Morgan fingerprint density at radius 2 is 2.18 bits per heavy atom. The molecule has 1 heterocycles. The highest BCUT2D eigenvalue weighted by atomic mass is 16.5. The highest BCUT2D eigenvalue weighted by Crippen LogP contribution is 2.13. The van der Waals surface area contributed by atoms with Crippen molar-refractivity contribution in [2.45, 2.75) is 44.8 Å². The van der Waals surface area contributed by atoms with Gasteiger partial charge in [-0.05, 0) is 50.3 Å². The zero-order chi connectivity index (χ0) is 15.8. The summed E-state index contributed by atoms with van der Waals surface area (Å²) >= 11 is 0. The number of urea groups is 1. The number of benzene rings is 1. The molecule has 1 aliphatic rings. The molecule has 2 amide bonds. The third-order valence-corrected chi connectivity index (χ3v) is 3.92. The summed E-state index contributed by atoms with van der Waals surface area (Å²) in [7, 11) is 1.66. The van der Waals surface area contributed by atoms with Crippen LogP contribution in [0.15, 0.2) is 24.3 Å². The second-order valence-electron chi connectivity index (χ2n) is 5.78. The van der Waals surface area contributed by atoms with Gasteiger partial charge in [-0.1, -0.05) is 12.1 Å². The Labute approximate surface area is 132 Å². The number of methoxy groups -OCH3 is 1. The predicted molar refractivity (Wildman–Crippen MR) is 86.3 cm³/mol. The second kappa shape index (κ2) is 8.63. The van der Waals surface area contributed by atoms with E-state index in [1.54, 1.807) is 7.11 Å². The van der Waals surface area contributed by atoms with Gasteiger partial charge in [0.05, 0.1) is 13.2 Å². The van der Waals surface area contributed by atoms with Gasteiger partial charge in [-0.25, -0.2) is 4.79 Å². The molecule has 1 fully saturated rings. The molecule has 0 saturated carbocycles. The van der Waals surface area contributed by atoms with Crippen LogP contribution in [-0.2, 0) is 11.2 Å². The van der Waals surface area contributed by atoms with E-state index in [0.29, 0.717) is 6.54 Å². The zero-order valence-electron chi connectivity index (χ0n) is 13.4. The smallest absolute Gasteiger partial charge is 0.315 e. The first-order valence-electron chi connectivity index (χ1n) is 7.96. The molecule has 2 atom stereocenters. The predicted octanol–water partition coefficient (Wildman–Crippen LogP) is 2.49. The highest BCUT2D eigenvalue weighted by Gasteiger charge is 2.16. The standard InChI is InChI=1S/C17H26N2O3/c1-13(5-6-14-7-9-15(21-2)10-8-14)19-17(20)18-12-16-4-3-11-22-16/h7-10,13,16H,3-6,11-12H2,1-2H3,(H2,18,19,20)/t13-,16+/m0/s1. The van der Waals surface area contributed by atoms with Crippen LogP contribution in [0.25, 0.3) is 0 Å². The normalized spacial score (nSPS) is 18.7. The van der Waals surface area contributed by atoms with E-state index in [4.69, 9.17) is 9.47 Å². The fraction of sp³-hybridized carbons (Fsp3) is 0.588. The first kappa shape index (κ1) is 16.6. The van der Waals surface area contributed by atoms with Crippen LogP contribution in [0.5, 0.6) is 5.75 Å². The van der Waals surface area contributed by atoms with E-state index in [-0.39, 0.29) is 18.2 Å². The molecule has 122 valence electrons. The van der Waals surface area contributed by atoms with Gasteiger partial charge in [0.2, 0.25) is 0 Å². The topological polar surface area (TPSA) is 59.6 Å². The average Bonchev–Trinajstić information content (AvgIpc) is 3.05. The minimum absolute atomic E-state index is 0.113. The molecule has 5 nitrogen and oxygen atoms in total. The Morgan fingerprint density at radius 1 is 1.41 bits per heavy atom. The monoisotopic (exact) mass is 306 g/mol. The molecule has 1 aliphatic heterocycles. The quantitative estimate of drug-likeness (QED) is 0.813. The van der Waals surface area contributed by atoms with Crippen LogP contribution >= 0.6 is 0 Å². The average molecular weight is 306 g/mol. The van der Waals surface area contributed by atoms with Crippen LogP contribution in [0, 0.1) is 0 Å². The largest absolute Gasteiger partial charge is 0.497 e. The van der Waals surface area contributed by atoms with E-state index in [1.165, 1.54) is 5.56 Å². The summed E-state index contributed by atoms with van der Waals surface area (Å²) in [6.07, 6.45) is 4.14. The van der Waals surface area contributed by atoms with Crippen LogP contribution < -0.4 is 15.4 Å². The van der Waals surface area contributed by atoms with Crippen molar-refractivity contribution in [2.24, 2.45) is 0 Å². The van der Waals surface area contributed by atoms with Crippen molar-refractivity contribution < 1.29 is 14.3 Å². The van der Waals surface area contributed by atoms with Gasteiger partial charge < -0.3 is 20.1 Å². The third kappa shape index (κ3) is 5.56. The molecule has 1 aromatic carbocycles. The van der Waals surface area contributed by atoms with Gasteiger partial charge in [-0.2, -0.15) is 0 Å². The molecule has 2 N–H and O–H groups in total. The van der Waals surface area contributed by atoms with Crippen molar-refractivity contribution in [3.63, 3.8) is 0 Å². The summed E-state index contributed by atoms with van der Waals surface area (Å²) in [6, 6.07) is 8.06. The fourth-order valence-corrected chi connectivity index (χ4v) is 2.53. The van der Waals surface area contributed by atoms with Gasteiger partial charge in [0.25, 0.3) is 0 Å². The van der Waals surface area contributed by atoms with Crippen molar-refractivity contribution in [3.05, 3.63) is 29.8 Å². The molecule has 1 saturated heterocycles. The number of ether oxygens (including phenoxy) is 2. The van der Waals surface area contributed by atoms with Gasteiger partial charge in [-0.3, -0.25) is 0 Å². The van der Waals surface area contributed by atoms with Gasteiger partial charge >= 0.3 is 6.03 Å². The molecule has 0 aromatic heterocycles. The first-order chi connectivity index (χ1) is 10.7. The summed E-state index contributed by atoms with van der Waals surface area (Å²) in [5.41, 5.74) is 1.24. The number of hydrogen-bond donors (Lipinski definition) is 2. The van der Waals surface area contributed by atoms with Crippen molar-refractivity contribution >= 4 is 6.03 Å². The van der Waals surface area contributed by atoms with Crippen LogP contribution in [0.3, 0.4) is 0 Å². The van der Waals surface area contributed by atoms with Crippen LogP contribution in [-0.4, -0.2) is 38.4 Å². The van der Waals surface area contributed by atoms with Crippen LogP contribution in [0.4, 0.5) is 4.79 Å². The van der Waals surface area contributed by atoms with Gasteiger partial charge in [0.15, 0.2) is 0 Å². The molecule has 0 radical (unpaired) electrons. The molecule has 5 heteroatoms. The van der Waals surface area contributed by atoms with Crippen molar-refractivity contribution in [1.29, 1.82) is 0 Å². The molecule has 0 unspecified atom stereocenters. The maximum atomic E-state index is 11.8. The summed E-state index contributed by atoms with van der Waals surface area (Å²) in [5, 5.41) is 5.84. The Bertz CT molecular complexity index is 455. The second-order valence-corrected chi connectivity index (χ2v) is 5.78. The number of nitrogens with one attached hydrogen (secondary N) is 2. The van der Waals surface area contributed by atoms with E-state index < -0.39 is 0 Å². The minimum Gasteiger partial charge on any atom is -0.497 e. The van der Waals surface area contributed by atoms with Crippen LogP contribution in [0.1, 0.15) is 31.7 Å². The third-order valence-electron chi connectivity index (χ3n) is 3.92. The number of aryl methyl sites for hydroxylation is 1. The lowest BCUT2D eigenvalue weighted by Crippen LogP contribution is -2.43. The van der Waals surface area contributed by atoms with E-state index in [1.807, 2.05) is 19.1 Å². The molecular weight excluding hydrogens is 280 g/mol. The number of amides is 2. The van der Waals surface area contributed by atoms with Crippen molar-refractivity contribution in [1.82, 2.24) is 10.6 Å². The fourth-order valence-electron chi connectivity index (χ4n) is 2.53. The Balaban J connectivity index is 1.63. The first-order valence-corrected chi connectivity index (χ1v) is 7.96. The number of carbonyl (C=O) groups is 1. The number of rotatable bonds is 7. The number of hydrogen-bond acceptors (Lipinski definition) is 3.